The minimum Gasteiger partial charge on any atom is -0.380 e. The summed E-state index contributed by atoms with van der Waals surface area (Å²) in [7, 11) is 2.24. The summed E-state index contributed by atoms with van der Waals surface area (Å²) in [4.78, 5) is 2.49. The smallest absolute Gasteiger partial charge is 0.0545 e. The Hall–Kier alpha value is -0.0800. The fourth-order valence-electron chi connectivity index (χ4n) is 2.28. The van der Waals surface area contributed by atoms with Crippen molar-refractivity contribution in [1.29, 1.82) is 0 Å². The summed E-state index contributed by atoms with van der Waals surface area (Å²) in [5.74, 6) is 0. The molecule has 1 saturated carbocycles. The average Bonchev–Trinajstić information content (AvgIpc) is 1.80. The van der Waals surface area contributed by atoms with E-state index in [1.807, 2.05) is 0 Å². The van der Waals surface area contributed by atoms with Crippen LogP contribution in [-0.4, -0.2) is 37.2 Å². The van der Waals surface area contributed by atoms with E-state index in [1.165, 1.54) is 12.8 Å². The predicted molar refractivity (Wildman–Crippen MR) is 49.2 cm³/mol. The summed E-state index contributed by atoms with van der Waals surface area (Å²) in [6, 6.07) is 1.52. The van der Waals surface area contributed by atoms with Crippen LogP contribution in [0.3, 0.4) is 0 Å². The van der Waals surface area contributed by atoms with Gasteiger partial charge in [-0.1, -0.05) is 0 Å². The first-order chi connectivity index (χ1) is 5.63. The highest BCUT2D eigenvalue weighted by Crippen LogP contribution is 2.48. The van der Waals surface area contributed by atoms with Gasteiger partial charge in [-0.15, -0.1) is 0 Å². The Bertz CT molecular complexity index is 167. The van der Waals surface area contributed by atoms with Gasteiger partial charge in [0.25, 0.3) is 0 Å². The third kappa shape index (κ3) is 1.17. The normalized spacial score (nSPS) is 27.8. The largest absolute Gasteiger partial charge is 0.380 e. The molecule has 0 aromatic carbocycles. The number of hydrogen-bond donors (Lipinski definition) is 0. The highest BCUT2D eigenvalue weighted by Gasteiger charge is 2.51. The minimum absolute atomic E-state index is 0.619. The van der Waals surface area contributed by atoms with E-state index in [1.54, 1.807) is 0 Å². The topological polar surface area (TPSA) is 12.5 Å². The van der Waals surface area contributed by atoms with Crippen LogP contribution >= 0.6 is 0 Å². The summed E-state index contributed by atoms with van der Waals surface area (Å²) in [6.07, 6.45) is 2.73. The van der Waals surface area contributed by atoms with Crippen LogP contribution in [0.15, 0.2) is 0 Å². The van der Waals surface area contributed by atoms with Gasteiger partial charge in [-0.2, -0.15) is 0 Å². The molecule has 1 saturated heterocycles. The van der Waals surface area contributed by atoms with Gasteiger partial charge in [0.15, 0.2) is 0 Å². The zero-order valence-corrected chi connectivity index (χ0v) is 8.34. The lowest BCUT2D eigenvalue weighted by Gasteiger charge is -2.56. The van der Waals surface area contributed by atoms with Gasteiger partial charge in [-0.3, -0.25) is 0 Å². The Kier molecular flexibility index (Phi) is 1.92. The van der Waals surface area contributed by atoms with Crippen LogP contribution in [0.1, 0.15) is 26.7 Å². The summed E-state index contributed by atoms with van der Waals surface area (Å²) in [5, 5.41) is 0. The summed E-state index contributed by atoms with van der Waals surface area (Å²) < 4.78 is 5.25. The molecule has 2 fully saturated rings. The maximum absolute atomic E-state index is 5.25. The van der Waals surface area contributed by atoms with Crippen molar-refractivity contribution in [2.24, 2.45) is 5.41 Å². The third-order valence-corrected chi connectivity index (χ3v) is 3.54. The molecule has 1 aliphatic heterocycles. The minimum atomic E-state index is 0.619. The van der Waals surface area contributed by atoms with Crippen LogP contribution in [0.5, 0.6) is 0 Å². The van der Waals surface area contributed by atoms with E-state index >= 15 is 0 Å². The molecule has 2 nitrogen and oxygen atoms in total. The van der Waals surface area contributed by atoms with Gasteiger partial charge < -0.3 is 9.64 Å². The second kappa shape index (κ2) is 2.71. The van der Waals surface area contributed by atoms with Gasteiger partial charge in [0, 0.05) is 17.5 Å². The van der Waals surface area contributed by atoms with Crippen molar-refractivity contribution < 1.29 is 4.74 Å². The molecule has 1 heterocycles. The molecule has 12 heavy (non-hydrogen) atoms. The molecule has 0 radical (unpaired) electrons. The van der Waals surface area contributed by atoms with E-state index in [4.69, 9.17) is 4.74 Å². The first-order valence-electron chi connectivity index (χ1n) is 4.93. The summed E-state index contributed by atoms with van der Waals surface area (Å²) >= 11 is 0. The van der Waals surface area contributed by atoms with E-state index < -0.39 is 0 Å². The highest BCUT2D eigenvalue weighted by molar-refractivity contribution is 5.02. The number of hydrogen-bond acceptors (Lipinski definition) is 2. The number of ether oxygens (including phenoxy) is 1. The molecule has 70 valence electrons. The van der Waals surface area contributed by atoms with Crippen molar-refractivity contribution >= 4 is 0 Å². The first kappa shape index (κ1) is 8.52. The number of nitrogens with zero attached hydrogens (tertiary/aromatic N) is 1. The Labute approximate surface area is 74.9 Å². The fourth-order valence-corrected chi connectivity index (χ4v) is 2.28. The summed E-state index contributed by atoms with van der Waals surface area (Å²) in [5.41, 5.74) is 0.619. The molecular formula is C10H19NO. The predicted octanol–water partition coefficient (Wildman–Crippen LogP) is 1.51. The maximum atomic E-state index is 5.25. The third-order valence-electron chi connectivity index (χ3n) is 3.54. The average molecular weight is 169 g/mol. The Morgan fingerprint density at radius 1 is 1.33 bits per heavy atom. The van der Waals surface area contributed by atoms with Gasteiger partial charge in [0.2, 0.25) is 0 Å². The van der Waals surface area contributed by atoms with Crippen LogP contribution in [0, 0.1) is 5.41 Å². The van der Waals surface area contributed by atoms with Crippen LogP contribution in [0.4, 0.5) is 0 Å². The Balaban J connectivity index is 1.80. The lowest BCUT2D eigenvalue weighted by atomic mass is 9.63. The van der Waals surface area contributed by atoms with Gasteiger partial charge in [0.05, 0.1) is 13.2 Å². The Morgan fingerprint density at radius 3 is 2.25 bits per heavy atom. The van der Waals surface area contributed by atoms with Crippen molar-refractivity contribution in [3.63, 3.8) is 0 Å². The van der Waals surface area contributed by atoms with E-state index in [-0.39, 0.29) is 0 Å². The van der Waals surface area contributed by atoms with E-state index in [0.717, 1.165) is 19.3 Å². The monoisotopic (exact) mass is 169 g/mol. The van der Waals surface area contributed by atoms with Gasteiger partial charge in [0.1, 0.15) is 0 Å². The van der Waals surface area contributed by atoms with Crippen LogP contribution in [0.2, 0.25) is 0 Å². The van der Waals surface area contributed by atoms with Crippen molar-refractivity contribution in [3.05, 3.63) is 0 Å². The highest BCUT2D eigenvalue weighted by atomic mass is 16.5. The van der Waals surface area contributed by atoms with Crippen molar-refractivity contribution in [2.75, 3.05) is 20.3 Å². The van der Waals surface area contributed by atoms with Gasteiger partial charge in [-0.25, -0.2) is 0 Å². The molecule has 0 aromatic heterocycles. The SMILES string of the molecule is CC(C)N(C)C1CC2(COC2)C1. The zero-order valence-electron chi connectivity index (χ0n) is 8.34. The molecule has 0 unspecified atom stereocenters. The molecule has 0 N–H and O–H groups in total. The van der Waals surface area contributed by atoms with E-state index in [9.17, 15) is 0 Å². The zero-order chi connectivity index (χ0) is 8.77. The molecule has 0 amide bonds. The molecule has 1 aliphatic carbocycles. The van der Waals surface area contributed by atoms with E-state index in [2.05, 4.69) is 25.8 Å². The van der Waals surface area contributed by atoms with Crippen molar-refractivity contribution in [1.82, 2.24) is 4.90 Å². The molecule has 0 atom stereocenters. The standard InChI is InChI=1S/C10H19NO/c1-8(2)11(3)9-4-10(5-9)6-12-7-10/h8-9H,4-7H2,1-3H3. The molecule has 0 aromatic rings. The quantitative estimate of drug-likeness (QED) is 0.621. The lowest BCUT2D eigenvalue weighted by Crippen LogP contribution is -2.59. The lowest BCUT2D eigenvalue weighted by molar-refractivity contribution is -0.184. The molecule has 2 heteroatoms. The van der Waals surface area contributed by atoms with Crippen LogP contribution in [0.25, 0.3) is 0 Å². The van der Waals surface area contributed by atoms with Gasteiger partial charge >= 0.3 is 0 Å². The van der Waals surface area contributed by atoms with Crippen LogP contribution in [-0.2, 0) is 4.74 Å². The van der Waals surface area contributed by atoms with Crippen LogP contribution < -0.4 is 0 Å². The second-order valence-corrected chi connectivity index (χ2v) is 4.81. The summed E-state index contributed by atoms with van der Waals surface area (Å²) in [6.45, 7) is 6.58. The van der Waals surface area contributed by atoms with Crippen molar-refractivity contribution in [2.45, 2.75) is 38.8 Å². The fraction of sp³-hybridized carbons (Fsp3) is 1.00. The van der Waals surface area contributed by atoms with Crippen molar-refractivity contribution in [3.8, 4) is 0 Å². The first-order valence-corrected chi connectivity index (χ1v) is 4.93. The second-order valence-electron chi connectivity index (χ2n) is 4.81. The maximum Gasteiger partial charge on any atom is 0.0545 e. The van der Waals surface area contributed by atoms with E-state index in [0.29, 0.717) is 11.5 Å². The molecule has 2 aliphatic rings. The molecule has 0 bridgehead atoms. The molecule has 1 spiro atoms. The molecule has 2 rings (SSSR count). The number of rotatable bonds is 2. The molecular weight excluding hydrogens is 150 g/mol. The Morgan fingerprint density at radius 2 is 1.92 bits per heavy atom. The van der Waals surface area contributed by atoms with Gasteiger partial charge in [-0.05, 0) is 33.7 Å².